The van der Waals surface area contributed by atoms with Gasteiger partial charge in [0.25, 0.3) is 0 Å². The third kappa shape index (κ3) is 3.44. The molecule has 0 saturated heterocycles. The van der Waals surface area contributed by atoms with Crippen LogP contribution in [0.3, 0.4) is 0 Å². The van der Waals surface area contributed by atoms with Crippen molar-refractivity contribution in [1.82, 2.24) is 9.97 Å². The molecule has 3 aromatic rings. The standard InChI is InChI=1S/C16H13ClFN3O2.ClH/c1-22-14-6-10-13(7-15(14)23-2)19-8-20-16(10)21-12-4-3-9(17)5-11(12)18;/h3-8H,1-2H3,(H,19,20,21);1H/p-1. The summed E-state index contributed by atoms with van der Waals surface area (Å²) in [7, 11) is 3.09. The van der Waals surface area contributed by atoms with E-state index in [1.165, 1.54) is 12.4 Å². The molecule has 0 aliphatic rings. The Hall–Kier alpha value is -2.31. The van der Waals surface area contributed by atoms with Gasteiger partial charge in [0, 0.05) is 16.5 Å². The van der Waals surface area contributed by atoms with Gasteiger partial charge in [0.2, 0.25) is 0 Å². The summed E-state index contributed by atoms with van der Waals surface area (Å²) in [6, 6.07) is 7.85. The van der Waals surface area contributed by atoms with Crippen LogP contribution >= 0.6 is 11.6 Å². The number of nitrogens with one attached hydrogen (secondary N) is 1. The predicted molar refractivity (Wildman–Crippen MR) is 87.3 cm³/mol. The van der Waals surface area contributed by atoms with Crippen molar-refractivity contribution in [3.63, 3.8) is 0 Å². The first kappa shape index (κ1) is 18.0. The Balaban J connectivity index is 0.00000208. The Bertz CT molecular complexity index is 877. The first-order valence-electron chi connectivity index (χ1n) is 6.71. The third-order valence-electron chi connectivity index (χ3n) is 3.32. The molecule has 0 atom stereocenters. The van der Waals surface area contributed by atoms with Crippen LogP contribution in [-0.2, 0) is 0 Å². The van der Waals surface area contributed by atoms with Gasteiger partial charge in [0.15, 0.2) is 11.5 Å². The van der Waals surface area contributed by atoms with E-state index >= 15 is 0 Å². The highest BCUT2D eigenvalue weighted by atomic mass is 35.5. The topological polar surface area (TPSA) is 56.3 Å². The monoisotopic (exact) mass is 368 g/mol. The van der Waals surface area contributed by atoms with E-state index in [4.69, 9.17) is 21.1 Å². The number of halogens is 3. The largest absolute Gasteiger partial charge is 1.00 e. The van der Waals surface area contributed by atoms with Crippen LogP contribution < -0.4 is 27.2 Å². The van der Waals surface area contributed by atoms with Crippen molar-refractivity contribution >= 4 is 34.0 Å². The molecule has 0 aliphatic carbocycles. The van der Waals surface area contributed by atoms with Crippen molar-refractivity contribution < 1.29 is 26.3 Å². The molecule has 0 saturated carbocycles. The zero-order chi connectivity index (χ0) is 16.4. The summed E-state index contributed by atoms with van der Waals surface area (Å²) in [5.74, 6) is 1.08. The molecule has 0 amide bonds. The normalized spacial score (nSPS) is 10.2. The van der Waals surface area contributed by atoms with Crippen molar-refractivity contribution in [3.8, 4) is 11.5 Å². The lowest BCUT2D eigenvalue weighted by molar-refractivity contribution is -0.00000572. The fourth-order valence-electron chi connectivity index (χ4n) is 2.20. The van der Waals surface area contributed by atoms with Gasteiger partial charge in [-0.05, 0) is 24.3 Å². The minimum Gasteiger partial charge on any atom is -1.00 e. The Morgan fingerprint density at radius 3 is 2.42 bits per heavy atom. The van der Waals surface area contributed by atoms with Gasteiger partial charge in [-0.2, -0.15) is 0 Å². The molecule has 0 bridgehead atoms. The molecule has 5 nitrogen and oxygen atoms in total. The maximum absolute atomic E-state index is 14.0. The molecule has 1 aromatic heterocycles. The number of aromatic nitrogens is 2. The molecule has 2 aromatic carbocycles. The predicted octanol–water partition coefficient (Wildman–Crippen LogP) is 1.19. The summed E-state index contributed by atoms with van der Waals surface area (Å²) in [5, 5.41) is 3.96. The number of fused-ring (bicyclic) bond motifs is 1. The number of ether oxygens (including phenoxy) is 2. The Morgan fingerprint density at radius 1 is 1.04 bits per heavy atom. The summed E-state index contributed by atoms with van der Waals surface area (Å²) in [5.41, 5.74) is 0.915. The number of nitrogens with zero attached hydrogens (tertiary/aromatic N) is 2. The minimum atomic E-state index is -0.468. The highest BCUT2D eigenvalue weighted by Crippen LogP contribution is 2.34. The number of hydrogen-bond acceptors (Lipinski definition) is 5. The lowest BCUT2D eigenvalue weighted by Gasteiger charge is -2.12. The van der Waals surface area contributed by atoms with Gasteiger partial charge in [-0.3, -0.25) is 0 Å². The van der Waals surface area contributed by atoms with E-state index in [-0.39, 0.29) is 18.1 Å². The second-order valence-corrected chi connectivity index (χ2v) is 5.13. The summed E-state index contributed by atoms with van der Waals surface area (Å²) in [6.07, 6.45) is 1.39. The third-order valence-corrected chi connectivity index (χ3v) is 3.56. The fraction of sp³-hybridized carbons (Fsp3) is 0.125. The number of benzene rings is 2. The summed E-state index contributed by atoms with van der Waals surface area (Å²) < 4.78 is 24.5. The van der Waals surface area contributed by atoms with Crippen LogP contribution in [0.15, 0.2) is 36.7 Å². The second-order valence-electron chi connectivity index (χ2n) is 4.70. The molecule has 0 spiro atoms. The van der Waals surface area contributed by atoms with Crippen LogP contribution in [0.2, 0.25) is 5.02 Å². The zero-order valence-corrected chi connectivity index (χ0v) is 14.3. The average Bonchev–Trinajstić information content (AvgIpc) is 2.56. The number of hydrogen-bond donors (Lipinski definition) is 1. The van der Waals surface area contributed by atoms with Crippen LogP contribution in [-0.4, -0.2) is 24.2 Å². The van der Waals surface area contributed by atoms with E-state index in [9.17, 15) is 4.39 Å². The van der Waals surface area contributed by atoms with Gasteiger partial charge in [0.05, 0.1) is 25.4 Å². The lowest BCUT2D eigenvalue weighted by atomic mass is 10.2. The highest BCUT2D eigenvalue weighted by Gasteiger charge is 2.12. The first-order chi connectivity index (χ1) is 11.1. The number of anilines is 2. The highest BCUT2D eigenvalue weighted by molar-refractivity contribution is 6.30. The lowest BCUT2D eigenvalue weighted by Crippen LogP contribution is -3.00. The molecule has 1 N–H and O–H groups in total. The van der Waals surface area contributed by atoms with E-state index < -0.39 is 5.82 Å². The molecule has 24 heavy (non-hydrogen) atoms. The summed E-state index contributed by atoms with van der Waals surface area (Å²) in [4.78, 5) is 8.38. The maximum Gasteiger partial charge on any atom is 0.162 e. The van der Waals surface area contributed by atoms with E-state index in [0.29, 0.717) is 33.2 Å². The number of methoxy groups -OCH3 is 2. The Labute approximate surface area is 149 Å². The van der Waals surface area contributed by atoms with Gasteiger partial charge in [-0.1, -0.05) is 11.6 Å². The van der Waals surface area contributed by atoms with Crippen molar-refractivity contribution in [2.75, 3.05) is 19.5 Å². The summed E-state index contributed by atoms with van der Waals surface area (Å²) in [6.45, 7) is 0. The molecular weight excluding hydrogens is 356 g/mol. The van der Waals surface area contributed by atoms with Crippen LogP contribution in [0.25, 0.3) is 10.9 Å². The van der Waals surface area contributed by atoms with Crippen molar-refractivity contribution in [3.05, 3.63) is 47.5 Å². The van der Waals surface area contributed by atoms with E-state index in [2.05, 4.69) is 15.3 Å². The smallest absolute Gasteiger partial charge is 0.162 e. The van der Waals surface area contributed by atoms with Gasteiger partial charge in [-0.15, -0.1) is 0 Å². The van der Waals surface area contributed by atoms with Gasteiger partial charge < -0.3 is 27.2 Å². The fourth-order valence-corrected chi connectivity index (χ4v) is 2.36. The average molecular weight is 369 g/mol. The van der Waals surface area contributed by atoms with Crippen LogP contribution in [0.4, 0.5) is 15.9 Å². The van der Waals surface area contributed by atoms with Gasteiger partial charge in [-0.25, -0.2) is 14.4 Å². The zero-order valence-electron chi connectivity index (χ0n) is 12.8. The van der Waals surface area contributed by atoms with Crippen LogP contribution in [0, 0.1) is 5.82 Å². The Morgan fingerprint density at radius 2 is 1.75 bits per heavy atom. The van der Waals surface area contributed by atoms with Crippen LogP contribution in [0.5, 0.6) is 11.5 Å². The molecule has 0 aliphatic heterocycles. The maximum atomic E-state index is 14.0. The SMILES string of the molecule is COc1cc2ncnc(Nc3ccc(Cl)cc3F)c2cc1OC.[Cl-]. The molecule has 0 fully saturated rings. The van der Waals surface area contributed by atoms with E-state index in [1.807, 2.05) is 0 Å². The molecule has 3 rings (SSSR count). The van der Waals surface area contributed by atoms with Gasteiger partial charge >= 0.3 is 0 Å². The quantitative estimate of drug-likeness (QED) is 0.749. The molecule has 0 radical (unpaired) electrons. The molecule has 126 valence electrons. The van der Waals surface area contributed by atoms with E-state index in [1.54, 1.807) is 38.5 Å². The number of rotatable bonds is 4. The van der Waals surface area contributed by atoms with E-state index in [0.717, 1.165) is 0 Å². The summed E-state index contributed by atoms with van der Waals surface area (Å²) >= 11 is 5.76. The molecule has 0 unspecified atom stereocenters. The Kier molecular flexibility index (Phi) is 5.64. The first-order valence-corrected chi connectivity index (χ1v) is 7.09. The van der Waals surface area contributed by atoms with Crippen molar-refractivity contribution in [1.29, 1.82) is 0 Å². The van der Waals surface area contributed by atoms with Crippen LogP contribution in [0.1, 0.15) is 0 Å². The molecule has 1 heterocycles. The second kappa shape index (κ2) is 7.51. The molecule has 8 heteroatoms. The van der Waals surface area contributed by atoms with Crippen molar-refractivity contribution in [2.24, 2.45) is 0 Å². The minimum absolute atomic E-state index is 0. The molecular formula is C16H13Cl2FN3O2-. The van der Waals surface area contributed by atoms with Crippen molar-refractivity contribution in [2.45, 2.75) is 0 Å². The van der Waals surface area contributed by atoms with Gasteiger partial charge in [0.1, 0.15) is 18.0 Å².